The second-order valence-corrected chi connectivity index (χ2v) is 5.39. The monoisotopic (exact) mass is 255 g/mol. The molecule has 0 aliphatic heterocycles. The molecule has 1 heterocycles. The van der Waals surface area contributed by atoms with Gasteiger partial charge >= 0.3 is 0 Å². The van der Waals surface area contributed by atoms with Crippen LogP contribution in [0.25, 0.3) is 5.69 Å². The third-order valence-corrected chi connectivity index (χ3v) is 3.80. The minimum atomic E-state index is 0.581. The summed E-state index contributed by atoms with van der Waals surface area (Å²) in [5.74, 6) is 0.982. The summed E-state index contributed by atoms with van der Waals surface area (Å²) in [6.45, 7) is 2.05. The van der Waals surface area contributed by atoms with Crippen molar-refractivity contribution in [3.05, 3.63) is 42.2 Å². The summed E-state index contributed by atoms with van der Waals surface area (Å²) < 4.78 is 2.16. The molecule has 1 N–H and O–H groups in total. The van der Waals surface area contributed by atoms with E-state index in [0.29, 0.717) is 6.04 Å². The Labute approximate surface area is 114 Å². The van der Waals surface area contributed by atoms with E-state index < -0.39 is 0 Å². The summed E-state index contributed by atoms with van der Waals surface area (Å²) in [5.41, 5.74) is 2.23. The minimum Gasteiger partial charge on any atom is -0.353 e. The van der Waals surface area contributed by atoms with Crippen LogP contribution in [0, 0.1) is 6.92 Å². The first-order valence-electron chi connectivity index (χ1n) is 7.21. The second-order valence-electron chi connectivity index (χ2n) is 5.39. The molecular weight excluding hydrogens is 234 g/mol. The van der Waals surface area contributed by atoms with Gasteiger partial charge < -0.3 is 5.32 Å². The van der Waals surface area contributed by atoms with Crippen LogP contribution in [0.3, 0.4) is 0 Å². The highest BCUT2D eigenvalue weighted by molar-refractivity contribution is 5.43. The van der Waals surface area contributed by atoms with E-state index in [-0.39, 0.29) is 0 Å². The molecule has 100 valence electrons. The van der Waals surface area contributed by atoms with Gasteiger partial charge in [-0.3, -0.25) is 4.57 Å². The fourth-order valence-corrected chi connectivity index (χ4v) is 2.81. The molecule has 3 heteroatoms. The number of aromatic nitrogens is 2. The smallest absolute Gasteiger partial charge is 0.207 e. The summed E-state index contributed by atoms with van der Waals surface area (Å²) in [4.78, 5) is 4.63. The van der Waals surface area contributed by atoms with Gasteiger partial charge in [0.25, 0.3) is 0 Å². The van der Waals surface area contributed by atoms with E-state index in [9.17, 15) is 0 Å². The Morgan fingerprint density at radius 3 is 2.58 bits per heavy atom. The number of rotatable bonds is 3. The predicted molar refractivity (Wildman–Crippen MR) is 78.8 cm³/mol. The molecule has 1 aliphatic rings. The highest BCUT2D eigenvalue weighted by Crippen LogP contribution is 2.23. The fraction of sp³-hybridized carbons (Fsp3) is 0.438. The van der Waals surface area contributed by atoms with Crippen molar-refractivity contribution in [1.29, 1.82) is 0 Å². The highest BCUT2D eigenvalue weighted by atomic mass is 15.2. The Balaban J connectivity index is 1.85. The Morgan fingerprint density at radius 2 is 1.84 bits per heavy atom. The fourth-order valence-electron chi connectivity index (χ4n) is 2.81. The molecule has 0 unspecified atom stereocenters. The number of hydrogen-bond acceptors (Lipinski definition) is 2. The first-order valence-corrected chi connectivity index (χ1v) is 7.21. The van der Waals surface area contributed by atoms with Crippen LogP contribution < -0.4 is 5.32 Å². The van der Waals surface area contributed by atoms with Gasteiger partial charge in [0.05, 0.1) is 5.69 Å². The molecule has 0 spiro atoms. The van der Waals surface area contributed by atoms with Crippen molar-refractivity contribution in [1.82, 2.24) is 9.55 Å². The largest absolute Gasteiger partial charge is 0.353 e. The molecule has 0 atom stereocenters. The van der Waals surface area contributed by atoms with E-state index >= 15 is 0 Å². The first-order chi connectivity index (χ1) is 9.33. The van der Waals surface area contributed by atoms with Crippen LogP contribution in [0.1, 0.15) is 37.8 Å². The molecule has 2 aromatic rings. The van der Waals surface area contributed by atoms with Gasteiger partial charge in [0, 0.05) is 17.9 Å². The van der Waals surface area contributed by atoms with Gasteiger partial charge in [0.15, 0.2) is 0 Å². The van der Waals surface area contributed by atoms with E-state index in [1.54, 1.807) is 0 Å². The molecule has 1 aliphatic carbocycles. The van der Waals surface area contributed by atoms with E-state index in [1.807, 2.05) is 13.0 Å². The topological polar surface area (TPSA) is 29.9 Å². The lowest BCUT2D eigenvalue weighted by molar-refractivity contribution is 0.460. The maximum absolute atomic E-state index is 4.63. The lowest BCUT2D eigenvalue weighted by atomic mass is 9.96. The van der Waals surface area contributed by atoms with Crippen LogP contribution >= 0.6 is 0 Å². The van der Waals surface area contributed by atoms with Crippen LogP contribution in [-0.4, -0.2) is 15.6 Å². The molecule has 3 rings (SSSR count). The van der Waals surface area contributed by atoms with Crippen LogP contribution in [0.4, 0.5) is 5.95 Å². The predicted octanol–water partition coefficient (Wildman–Crippen LogP) is 3.93. The first kappa shape index (κ1) is 12.3. The summed E-state index contributed by atoms with van der Waals surface area (Å²) in [7, 11) is 0. The number of hydrogen-bond donors (Lipinski definition) is 1. The Bertz CT molecular complexity index is 524. The molecule has 0 saturated heterocycles. The van der Waals surface area contributed by atoms with Crippen molar-refractivity contribution >= 4 is 5.95 Å². The van der Waals surface area contributed by atoms with Crippen molar-refractivity contribution in [3.8, 4) is 5.69 Å². The third kappa shape index (κ3) is 2.80. The molecule has 19 heavy (non-hydrogen) atoms. The standard InChI is InChI=1S/C16H21N3/c1-13-12-19(15-10-6-3-7-11-15)16(17-13)18-14-8-4-2-5-9-14/h3,6-7,10-12,14H,2,4-5,8-9H2,1H3,(H,17,18). The highest BCUT2D eigenvalue weighted by Gasteiger charge is 2.16. The van der Waals surface area contributed by atoms with Gasteiger partial charge in [-0.25, -0.2) is 4.98 Å². The zero-order valence-corrected chi connectivity index (χ0v) is 11.5. The van der Waals surface area contributed by atoms with Crippen LogP contribution in [0.15, 0.2) is 36.5 Å². The number of aryl methyl sites for hydroxylation is 1. The van der Waals surface area contributed by atoms with Crippen LogP contribution in [-0.2, 0) is 0 Å². The summed E-state index contributed by atoms with van der Waals surface area (Å²) in [6.07, 6.45) is 8.68. The number of imidazole rings is 1. The van der Waals surface area contributed by atoms with Crippen molar-refractivity contribution in [2.24, 2.45) is 0 Å². The quantitative estimate of drug-likeness (QED) is 0.900. The Morgan fingerprint density at radius 1 is 1.11 bits per heavy atom. The van der Waals surface area contributed by atoms with Gasteiger partial charge in [-0.1, -0.05) is 37.5 Å². The van der Waals surface area contributed by atoms with Crippen LogP contribution in [0.2, 0.25) is 0 Å². The number of nitrogens with one attached hydrogen (secondary N) is 1. The molecule has 0 bridgehead atoms. The zero-order chi connectivity index (χ0) is 13.1. The number of anilines is 1. The van der Waals surface area contributed by atoms with E-state index in [2.05, 4.69) is 45.3 Å². The molecule has 1 fully saturated rings. The van der Waals surface area contributed by atoms with Gasteiger partial charge in [0.1, 0.15) is 0 Å². The van der Waals surface area contributed by atoms with E-state index in [1.165, 1.54) is 37.8 Å². The van der Waals surface area contributed by atoms with Gasteiger partial charge in [0.2, 0.25) is 5.95 Å². The van der Waals surface area contributed by atoms with Crippen molar-refractivity contribution < 1.29 is 0 Å². The lowest BCUT2D eigenvalue weighted by Gasteiger charge is -2.23. The average Bonchev–Trinajstić information content (AvgIpc) is 2.82. The Kier molecular flexibility index (Phi) is 3.53. The normalized spacial score (nSPS) is 16.5. The molecular formula is C16H21N3. The van der Waals surface area contributed by atoms with Crippen molar-refractivity contribution in [3.63, 3.8) is 0 Å². The number of benzene rings is 1. The van der Waals surface area contributed by atoms with Gasteiger partial charge in [-0.15, -0.1) is 0 Å². The van der Waals surface area contributed by atoms with Gasteiger partial charge in [-0.05, 0) is 31.9 Å². The SMILES string of the molecule is Cc1cn(-c2ccccc2)c(NC2CCCCC2)n1. The maximum atomic E-state index is 4.63. The molecule has 0 amide bonds. The van der Waals surface area contributed by atoms with E-state index in [4.69, 9.17) is 0 Å². The maximum Gasteiger partial charge on any atom is 0.207 e. The summed E-state index contributed by atoms with van der Waals surface area (Å²) in [5, 5.41) is 3.62. The summed E-state index contributed by atoms with van der Waals surface area (Å²) in [6, 6.07) is 11.0. The lowest BCUT2D eigenvalue weighted by Crippen LogP contribution is -2.24. The van der Waals surface area contributed by atoms with Gasteiger partial charge in [-0.2, -0.15) is 0 Å². The second kappa shape index (κ2) is 5.47. The number of para-hydroxylation sites is 1. The molecule has 1 aromatic heterocycles. The van der Waals surface area contributed by atoms with Crippen LogP contribution in [0.5, 0.6) is 0 Å². The minimum absolute atomic E-state index is 0.581. The molecule has 3 nitrogen and oxygen atoms in total. The zero-order valence-electron chi connectivity index (χ0n) is 11.5. The van der Waals surface area contributed by atoms with Crippen molar-refractivity contribution in [2.75, 3.05) is 5.32 Å². The third-order valence-electron chi connectivity index (χ3n) is 3.80. The molecule has 1 aromatic carbocycles. The molecule has 0 radical (unpaired) electrons. The average molecular weight is 255 g/mol. The van der Waals surface area contributed by atoms with E-state index in [0.717, 1.165) is 11.6 Å². The van der Waals surface area contributed by atoms with Crippen molar-refractivity contribution in [2.45, 2.75) is 45.1 Å². The number of nitrogens with zero attached hydrogens (tertiary/aromatic N) is 2. The Hall–Kier alpha value is -1.77. The molecule has 1 saturated carbocycles. The summed E-state index contributed by atoms with van der Waals surface area (Å²) >= 11 is 0.